The molecule has 0 bridgehead atoms. The Bertz CT molecular complexity index is 1370. The normalized spacial score (nSPS) is 21.9. The summed E-state index contributed by atoms with van der Waals surface area (Å²) in [4.78, 5) is 38.8. The second-order valence-corrected chi connectivity index (χ2v) is 10.5. The molecule has 0 unspecified atom stereocenters. The van der Waals surface area contributed by atoms with Gasteiger partial charge in [-0.3, -0.25) is 0 Å². The summed E-state index contributed by atoms with van der Waals surface area (Å²) in [5.74, 6) is 0. The van der Waals surface area contributed by atoms with E-state index in [1.54, 1.807) is 4.90 Å². The highest BCUT2D eigenvalue weighted by molar-refractivity contribution is 5.85. The molecule has 3 aliphatic heterocycles. The number of rotatable bonds is 2. The number of pyridine rings is 1. The third-order valence-electron chi connectivity index (χ3n) is 8.19. The molecule has 9 nitrogen and oxygen atoms in total. The third kappa shape index (κ3) is 4.21. The monoisotopic (exact) mass is 503 g/mol. The molecule has 0 aliphatic carbocycles. The number of aromatic amines is 1. The van der Waals surface area contributed by atoms with E-state index >= 15 is 0 Å². The Kier molecular flexibility index (Phi) is 6.03. The Morgan fingerprint density at radius 3 is 2.81 bits per heavy atom. The van der Waals surface area contributed by atoms with Crippen LogP contribution >= 0.6 is 0 Å². The van der Waals surface area contributed by atoms with Crippen LogP contribution in [-0.4, -0.2) is 80.8 Å². The number of amides is 3. The average Bonchev–Trinajstić information content (AvgIpc) is 3.55. The predicted molar refractivity (Wildman–Crippen MR) is 139 cm³/mol. The zero-order valence-electron chi connectivity index (χ0n) is 21.4. The molecule has 3 amide bonds. The summed E-state index contributed by atoms with van der Waals surface area (Å²) in [5, 5.41) is 11.0. The highest BCUT2D eigenvalue weighted by Crippen LogP contribution is 2.40. The van der Waals surface area contributed by atoms with E-state index in [0.717, 1.165) is 58.1 Å². The van der Waals surface area contributed by atoms with Crippen molar-refractivity contribution < 1.29 is 19.4 Å². The number of benzene rings is 1. The lowest BCUT2D eigenvalue weighted by Gasteiger charge is -2.40. The lowest BCUT2D eigenvalue weighted by Crippen LogP contribution is -2.53. The number of fused-ring (bicyclic) bond motifs is 2. The molecule has 37 heavy (non-hydrogen) atoms. The Labute approximate surface area is 216 Å². The standard InChI is InChI=1S/C28H33N5O4/c1-17-13-29-26-22(17)12-21(14-30-26)20-10-19-5-7-31(27(34)32-8-9-37-16-18(32)2)15-24(19)23(11-20)25-4-3-6-33(25)28(35)36/h10-14,18,25H,3-9,15-16H2,1-2H3,(H,29,30)(H,35,36)/t18-,25+/m1/s1. The highest BCUT2D eigenvalue weighted by atomic mass is 16.5. The number of likely N-dealkylation sites (tertiary alicyclic amines) is 1. The third-order valence-corrected chi connectivity index (χ3v) is 8.19. The topological polar surface area (TPSA) is 102 Å². The Morgan fingerprint density at radius 1 is 1.14 bits per heavy atom. The van der Waals surface area contributed by atoms with Crippen molar-refractivity contribution in [2.75, 3.05) is 32.8 Å². The van der Waals surface area contributed by atoms with Crippen LogP contribution < -0.4 is 0 Å². The molecule has 0 radical (unpaired) electrons. The van der Waals surface area contributed by atoms with E-state index in [1.165, 1.54) is 5.56 Å². The molecule has 3 aromatic rings. The number of ether oxygens (including phenoxy) is 1. The minimum Gasteiger partial charge on any atom is -0.465 e. The largest absolute Gasteiger partial charge is 0.465 e. The summed E-state index contributed by atoms with van der Waals surface area (Å²) >= 11 is 0. The van der Waals surface area contributed by atoms with Gasteiger partial charge in [-0.15, -0.1) is 0 Å². The summed E-state index contributed by atoms with van der Waals surface area (Å²) in [6, 6.07) is 6.37. The fourth-order valence-electron chi connectivity index (χ4n) is 6.13. The summed E-state index contributed by atoms with van der Waals surface area (Å²) in [6.45, 7) is 7.46. The zero-order chi connectivity index (χ0) is 25.7. The molecule has 2 fully saturated rings. The Hall–Kier alpha value is -3.59. The number of morpholine rings is 1. The van der Waals surface area contributed by atoms with Crippen molar-refractivity contribution >= 4 is 23.2 Å². The van der Waals surface area contributed by atoms with Gasteiger partial charge < -0.3 is 29.5 Å². The molecule has 2 atom stereocenters. The van der Waals surface area contributed by atoms with Crippen molar-refractivity contribution in [1.29, 1.82) is 0 Å². The lowest BCUT2D eigenvalue weighted by atomic mass is 9.87. The maximum absolute atomic E-state index is 13.5. The minimum absolute atomic E-state index is 0.0376. The molecule has 0 saturated carbocycles. The minimum atomic E-state index is -0.890. The van der Waals surface area contributed by atoms with Gasteiger partial charge in [-0.25, -0.2) is 14.6 Å². The molecule has 2 N–H and O–H groups in total. The van der Waals surface area contributed by atoms with Crippen molar-refractivity contribution in [2.24, 2.45) is 0 Å². The lowest BCUT2D eigenvalue weighted by molar-refractivity contribution is 0.00932. The summed E-state index contributed by atoms with van der Waals surface area (Å²) in [5.41, 5.74) is 7.36. The van der Waals surface area contributed by atoms with Gasteiger partial charge in [0.05, 0.1) is 25.3 Å². The van der Waals surface area contributed by atoms with Crippen LogP contribution in [0, 0.1) is 6.92 Å². The van der Waals surface area contributed by atoms with E-state index in [2.05, 4.69) is 35.1 Å². The molecule has 194 valence electrons. The van der Waals surface area contributed by atoms with E-state index in [1.807, 2.05) is 29.1 Å². The van der Waals surface area contributed by atoms with Gasteiger partial charge in [0.2, 0.25) is 0 Å². The molecule has 3 aliphatic rings. The molecule has 2 aromatic heterocycles. The summed E-state index contributed by atoms with van der Waals surface area (Å²) in [7, 11) is 0. The number of H-pyrrole nitrogens is 1. The number of carbonyl (C=O) groups is 2. The quantitative estimate of drug-likeness (QED) is 0.534. The van der Waals surface area contributed by atoms with E-state index < -0.39 is 6.09 Å². The molecular weight excluding hydrogens is 470 g/mol. The van der Waals surface area contributed by atoms with Gasteiger partial charge in [-0.1, -0.05) is 6.07 Å². The van der Waals surface area contributed by atoms with Gasteiger partial charge in [0, 0.05) is 49.5 Å². The fraction of sp³-hybridized carbons (Fsp3) is 0.464. The zero-order valence-corrected chi connectivity index (χ0v) is 21.4. The second-order valence-electron chi connectivity index (χ2n) is 10.5. The smallest absolute Gasteiger partial charge is 0.407 e. The van der Waals surface area contributed by atoms with Gasteiger partial charge in [-0.05, 0) is 73.1 Å². The average molecular weight is 504 g/mol. The first-order valence-electron chi connectivity index (χ1n) is 13.1. The number of urea groups is 1. The van der Waals surface area contributed by atoms with Crippen LogP contribution in [0.15, 0.2) is 30.6 Å². The van der Waals surface area contributed by atoms with Crippen LogP contribution in [0.25, 0.3) is 22.2 Å². The number of carbonyl (C=O) groups excluding carboxylic acids is 1. The van der Waals surface area contributed by atoms with Crippen molar-refractivity contribution in [3.63, 3.8) is 0 Å². The van der Waals surface area contributed by atoms with Crippen LogP contribution in [-0.2, 0) is 17.7 Å². The van der Waals surface area contributed by atoms with Crippen molar-refractivity contribution in [2.45, 2.75) is 51.7 Å². The van der Waals surface area contributed by atoms with E-state index in [9.17, 15) is 14.7 Å². The van der Waals surface area contributed by atoms with Crippen LogP contribution in [0.5, 0.6) is 0 Å². The first-order valence-corrected chi connectivity index (χ1v) is 13.1. The van der Waals surface area contributed by atoms with Gasteiger partial charge in [0.1, 0.15) is 5.65 Å². The fourth-order valence-corrected chi connectivity index (χ4v) is 6.13. The second kappa shape index (κ2) is 9.37. The maximum Gasteiger partial charge on any atom is 0.407 e. The van der Waals surface area contributed by atoms with Crippen LogP contribution in [0.4, 0.5) is 9.59 Å². The number of carboxylic acid groups (broad SMARTS) is 1. The van der Waals surface area contributed by atoms with Crippen molar-refractivity contribution in [3.05, 3.63) is 52.8 Å². The van der Waals surface area contributed by atoms with E-state index in [0.29, 0.717) is 39.4 Å². The molecule has 5 heterocycles. The number of nitrogens with one attached hydrogen (secondary N) is 1. The van der Waals surface area contributed by atoms with Gasteiger partial charge >= 0.3 is 12.1 Å². The van der Waals surface area contributed by atoms with Crippen LogP contribution in [0.2, 0.25) is 0 Å². The number of aryl methyl sites for hydroxylation is 1. The van der Waals surface area contributed by atoms with Crippen molar-refractivity contribution in [1.82, 2.24) is 24.7 Å². The van der Waals surface area contributed by atoms with Crippen LogP contribution in [0.3, 0.4) is 0 Å². The molecule has 1 aromatic carbocycles. The van der Waals surface area contributed by atoms with E-state index in [-0.39, 0.29) is 18.1 Å². The molecule has 0 spiro atoms. The maximum atomic E-state index is 13.5. The summed E-state index contributed by atoms with van der Waals surface area (Å²) in [6.07, 6.45) is 5.30. The molecule has 6 rings (SSSR count). The first kappa shape index (κ1) is 23.8. The molecule has 2 saturated heterocycles. The van der Waals surface area contributed by atoms with Gasteiger partial charge in [0.15, 0.2) is 0 Å². The predicted octanol–water partition coefficient (Wildman–Crippen LogP) is 4.55. The Morgan fingerprint density at radius 2 is 2.00 bits per heavy atom. The molecular formula is C28H33N5O4. The highest BCUT2D eigenvalue weighted by Gasteiger charge is 2.36. The van der Waals surface area contributed by atoms with Crippen LogP contribution in [0.1, 0.15) is 48.1 Å². The SMILES string of the molecule is Cc1c[nH]c2ncc(-c3cc4c(c([C@@H]5CCCN5C(=O)O)c3)CN(C(=O)N3CCOC[C@H]3C)CC4)cc12. The number of nitrogens with zero attached hydrogens (tertiary/aromatic N) is 4. The number of hydrogen-bond acceptors (Lipinski definition) is 4. The van der Waals surface area contributed by atoms with Gasteiger partial charge in [0.25, 0.3) is 0 Å². The Balaban J connectivity index is 1.41. The van der Waals surface area contributed by atoms with Gasteiger partial charge in [-0.2, -0.15) is 0 Å². The molecule has 9 heteroatoms. The first-order chi connectivity index (χ1) is 17.9. The van der Waals surface area contributed by atoms with E-state index in [4.69, 9.17) is 4.74 Å². The number of aromatic nitrogens is 2. The summed E-state index contributed by atoms with van der Waals surface area (Å²) < 4.78 is 5.53. The van der Waals surface area contributed by atoms with Crippen molar-refractivity contribution in [3.8, 4) is 11.1 Å². The number of hydrogen-bond donors (Lipinski definition) is 2.